The van der Waals surface area contributed by atoms with Gasteiger partial charge in [-0.1, -0.05) is 13.8 Å². The highest BCUT2D eigenvalue weighted by atomic mass is 32.1. The van der Waals surface area contributed by atoms with Gasteiger partial charge in [0.25, 0.3) is 0 Å². The first-order valence-electron chi connectivity index (χ1n) is 8.59. The van der Waals surface area contributed by atoms with Crippen LogP contribution in [0.25, 0.3) is 0 Å². The molecule has 7 N–H and O–H groups in total. The zero-order valence-corrected chi connectivity index (χ0v) is 16.8. The molecular weight excluding hydrogens is 376 g/mol. The van der Waals surface area contributed by atoms with Crippen molar-refractivity contribution >= 4 is 36.3 Å². The molecule has 0 aromatic carbocycles. The van der Waals surface area contributed by atoms with Crippen molar-refractivity contribution in [3.63, 3.8) is 0 Å². The predicted molar refractivity (Wildman–Crippen MR) is 102 cm³/mol. The highest BCUT2D eigenvalue weighted by molar-refractivity contribution is 7.80. The van der Waals surface area contributed by atoms with Crippen LogP contribution in [0.1, 0.15) is 34.1 Å². The van der Waals surface area contributed by atoms with E-state index in [2.05, 4.69) is 28.6 Å². The Kier molecular flexibility index (Phi) is 11.0. The number of hydrogen-bond donors (Lipinski definition) is 7. The summed E-state index contributed by atoms with van der Waals surface area (Å²) < 4.78 is 0. The predicted octanol–water partition coefficient (Wildman–Crippen LogP) is -1.77. The van der Waals surface area contributed by atoms with Crippen molar-refractivity contribution in [1.29, 1.82) is 0 Å². The second-order valence-electron chi connectivity index (χ2n) is 6.79. The van der Waals surface area contributed by atoms with Crippen molar-refractivity contribution in [2.24, 2.45) is 11.7 Å². The molecule has 0 spiro atoms. The molecule has 5 atom stereocenters. The summed E-state index contributed by atoms with van der Waals surface area (Å²) in [6.07, 6.45) is -1.01. The lowest BCUT2D eigenvalue weighted by atomic mass is 10.0. The summed E-state index contributed by atoms with van der Waals surface area (Å²) in [6.45, 7) is 6.38. The Morgan fingerprint density at radius 2 is 1.44 bits per heavy atom. The zero-order chi connectivity index (χ0) is 21.3. The maximum absolute atomic E-state index is 12.5. The van der Waals surface area contributed by atoms with Gasteiger partial charge in [-0.15, -0.1) is 0 Å². The number of thiol groups is 1. The summed E-state index contributed by atoms with van der Waals surface area (Å²) in [6, 6.07) is -4.46. The molecule has 156 valence electrons. The van der Waals surface area contributed by atoms with Gasteiger partial charge < -0.3 is 31.9 Å². The van der Waals surface area contributed by atoms with Crippen molar-refractivity contribution in [2.75, 3.05) is 5.75 Å². The van der Waals surface area contributed by atoms with Gasteiger partial charge in [0.15, 0.2) is 0 Å². The number of aliphatic carboxylic acids is 1. The maximum atomic E-state index is 12.5. The van der Waals surface area contributed by atoms with Crippen LogP contribution in [0.15, 0.2) is 0 Å². The number of carbonyl (C=O) groups is 4. The average molecular weight is 407 g/mol. The van der Waals surface area contributed by atoms with Crippen LogP contribution in [0.3, 0.4) is 0 Å². The number of nitrogens with one attached hydrogen (secondary N) is 3. The quantitative estimate of drug-likeness (QED) is 0.199. The van der Waals surface area contributed by atoms with Crippen molar-refractivity contribution in [2.45, 2.75) is 64.4 Å². The lowest BCUT2D eigenvalue weighted by Crippen LogP contribution is -2.59. The van der Waals surface area contributed by atoms with Crippen LogP contribution in [0.4, 0.5) is 0 Å². The van der Waals surface area contributed by atoms with E-state index < -0.39 is 54.0 Å². The van der Waals surface area contributed by atoms with E-state index in [-0.39, 0.29) is 18.1 Å². The van der Waals surface area contributed by atoms with Gasteiger partial charge in [-0.2, -0.15) is 12.6 Å². The molecular formula is C16H30N4O6S. The van der Waals surface area contributed by atoms with Crippen LogP contribution in [-0.2, 0) is 19.2 Å². The fraction of sp³-hybridized carbons (Fsp3) is 0.750. The molecule has 0 radical (unpaired) electrons. The van der Waals surface area contributed by atoms with Crippen LogP contribution in [0, 0.1) is 5.92 Å². The summed E-state index contributed by atoms with van der Waals surface area (Å²) in [4.78, 5) is 47.7. The number of hydrogen-bond acceptors (Lipinski definition) is 7. The molecule has 0 aromatic heterocycles. The molecule has 27 heavy (non-hydrogen) atoms. The van der Waals surface area contributed by atoms with E-state index in [1.807, 2.05) is 13.8 Å². The largest absolute Gasteiger partial charge is 0.480 e. The minimum absolute atomic E-state index is 0.00369. The minimum atomic E-state index is -1.31. The molecule has 10 nitrogen and oxygen atoms in total. The Morgan fingerprint density at radius 3 is 1.81 bits per heavy atom. The van der Waals surface area contributed by atoms with E-state index in [1.165, 1.54) is 13.8 Å². The Bertz CT molecular complexity index is 541. The SMILES string of the molecule is CC(C)CC(NC(=O)C(NC(=O)C(C)N)C(C)O)C(=O)NC(CS)C(=O)O. The third kappa shape index (κ3) is 9.07. The van der Waals surface area contributed by atoms with E-state index in [0.717, 1.165) is 0 Å². The van der Waals surface area contributed by atoms with Crippen molar-refractivity contribution in [3.05, 3.63) is 0 Å². The van der Waals surface area contributed by atoms with Crippen molar-refractivity contribution in [3.8, 4) is 0 Å². The monoisotopic (exact) mass is 406 g/mol. The van der Waals surface area contributed by atoms with E-state index in [1.54, 1.807) is 0 Å². The van der Waals surface area contributed by atoms with Gasteiger partial charge in [-0.25, -0.2) is 4.79 Å². The lowest BCUT2D eigenvalue weighted by molar-refractivity contribution is -0.141. The van der Waals surface area contributed by atoms with Crippen molar-refractivity contribution < 1.29 is 29.4 Å². The van der Waals surface area contributed by atoms with E-state index in [4.69, 9.17) is 10.8 Å². The first kappa shape index (κ1) is 25.1. The summed E-state index contributed by atoms with van der Waals surface area (Å²) in [5.41, 5.74) is 5.45. The lowest BCUT2D eigenvalue weighted by Gasteiger charge is -2.26. The van der Waals surface area contributed by atoms with Gasteiger partial charge in [0.1, 0.15) is 18.1 Å². The number of rotatable bonds is 11. The van der Waals surface area contributed by atoms with Gasteiger partial charge in [-0.05, 0) is 26.2 Å². The third-order valence-electron chi connectivity index (χ3n) is 3.61. The van der Waals surface area contributed by atoms with E-state index >= 15 is 0 Å². The molecule has 0 saturated carbocycles. The van der Waals surface area contributed by atoms with Gasteiger partial charge in [0.2, 0.25) is 17.7 Å². The van der Waals surface area contributed by atoms with Crippen LogP contribution in [0.5, 0.6) is 0 Å². The van der Waals surface area contributed by atoms with Crippen LogP contribution in [-0.4, -0.2) is 69.9 Å². The van der Waals surface area contributed by atoms with E-state index in [9.17, 15) is 24.3 Å². The van der Waals surface area contributed by atoms with Gasteiger partial charge in [-0.3, -0.25) is 14.4 Å². The highest BCUT2D eigenvalue weighted by Gasteiger charge is 2.32. The number of amides is 3. The number of aliphatic hydroxyl groups excluding tert-OH is 1. The Hall–Kier alpha value is -1.85. The highest BCUT2D eigenvalue weighted by Crippen LogP contribution is 2.07. The number of aliphatic hydroxyl groups is 1. The number of nitrogens with two attached hydrogens (primary N) is 1. The average Bonchev–Trinajstić information content (AvgIpc) is 2.54. The smallest absolute Gasteiger partial charge is 0.327 e. The Balaban J connectivity index is 5.28. The van der Waals surface area contributed by atoms with Crippen LogP contribution in [0.2, 0.25) is 0 Å². The Labute approximate surface area is 164 Å². The standard InChI is InChI=1S/C16H30N4O6S/c1-7(2)5-10(14(23)19-11(6-27)16(25)26)18-15(24)12(9(4)21)20-13(22)8(3)17/h7-12,21,27H,5-6,17H2,1-4H3,(H,18,24)(H,19,23)(H,20,22)(H,25,26). The van der Waals surface area contributed by atoms with Gasteiger partial charge in [0, 0.05) is 5.75 Å². The molecule has 0 bridgehead atoms. The number of carboxylic acids is 1. The molecule has 0 rings (SSSR count). The Morgan fingerprint density at radius 1 is 0.926 bits per heavy atom. The van der Waals surface area contributed by atoms with E-state index in [0.29, 0.717) is 0 Å². The zero-order valence-electron chi connectivity index (χ0n) is 15.9. The minimum Gasteiger partial charge on any atom is -0.480 e. The van der Waals surface area contributed by atoms with Crippen LogP contribution >= 0.6 is 12.6 Å². The molecule has 0 aromatic rings. The molecule has 0 saturated heterocycles. The fourth-order valence-electron chi connectivity index (χ4n) is 2.11. The second-order valence-corrected chi connectivity index (χ2v) is 7.15. The molecule has 0 fully saturated rings. The van der Waals surface area contributed by atoms with Gasteiger partial charge in [0.05, 0.1) is 12.1 Å². The van der Waals surface area contributed by atoms with Crippen LogP contribution < -0.4 is 21.7 Å². The first-order chi connectivity index (χ1) is 12.4. The molecule has 0 heterocycles. The molecule has 5 unspecified atom stereocenters. The van der Waals surface area contributed by atoms with Crippen molar-refractivity contribution in [1.82, 2.24) is 16.0 Å². The summed E-state index contributed by atoms with van der Waals surface area (Å²) in [7, 11) is 0. The fourth-order valence-corrected chi connectivity index (χ4v) is 2.36. The molecule has 0 aliphatic rings. The molecule has 11 heteroatoms. The summed E-state index contributed by atoms with van der Waals surface area (Å²) in [5, 5.41) is 25.9. The van der Waals surface area contributed by atoms with Gasteiger partial charge >= 0.3 is 5.97 Å². The molecule has 0 aliphatic heterocycles. The summed E-state index contributed by atoms with van der Waals surface area (Å²) >= 11 is 3.88. The molecule has 3 amide bonds. The number of carbonyl (C=O) groups excluding carboxylic acids is 3. The summed E-state index contributed by atoms with van der Waals surface area (Å²) in [5.74, 6) is -3.48. The topological polar surface area (TPSA) is 171 Å². The first-order valence-corrected chi connectivity index (χ1v) is 9.22. The maximum Gasteiger partial charge on any atom is 0.327 e. The number of carboxylic acid groups (broad SMARTS) is 1. The molecule has 0 aliphatic carbocycles. The normalized spacial score (nSPS) is 16.6. The second kappa shape index (κ2) is 11.8. The third-order valence-corrected chi connectivity index (χ3v) is 3.98.